The second-order valence-electron chi connectivity index (χ2n) is 12.7. The first-order chi connectivity index (χ1) is 21.3. The maximum atomic E-state index is 11.7. The molecule has 4 aromatic carbocycles. The molecule has 0 radical (unpaired) electrons. The molecule has 0 spiro atoms. The summed E-state index contributed by atoms with van der Waals surface area (Å²) in [6, 6.07) is 41.0. The molecule has 2 fully saturated rings. The van der Waals surface area contributed by atoms with Gasteiger partial charge in [0.15, 0.2) is 11.9 Å². The molecule has 0 unspecified atom stereocenters. The minimum Gasteiger partial charge on any atom is -0.404 e. The zero-order chi connectivity index (χ0) is 30.6. The molecule has 2 saturated heterocycles. The molecule has 2 aliphatic heterocycles. The van der Waals surface area contributed by atoms with Gasteiger partial charge in [0.2, 0.25) is 0 Å². The van der Waals surface area contributed by atoms with Crippen molar-refractivity contribution in [1.82, 2.24) is 0 Å². The van der Waals surface area contributed by atoms with Crippen molar-refractivity contribution in [3.8, 4) is 0 Å². The van der Waals surface area contributed by atoms with Crippen molar-refractivity contribution in [2.24, 2.45) is 0 Å². The zero-order valence-corrected chi connectivity index (χ0v) is 26.7. The van der Waals surface area contributed by atoms with E-state index in [0.29, 0.717) is 13.2 Å². The van der Waals surface area contributed by atoms with E-state index >= 15 is 0 Å². The normalized spacial score (nSPS) is 25.2. The Morgan fingerprint density at radius 2 is 1.20 bits per heavy atom. The summed E-state index contributed by atoms with van der Waals surface area (Å²) in [6.45, 7) is 7.64. The van der Waals surface area contributed by atoms with Gasteiger partial charge in [-0.3, -0.25) is 0 Å². The summed E-state index contributed by atoms with van der Waals surface area (Å²) in [5, 5.41) is 13.8. The van der Waals surface area contributed by atoms with Crippen LogP contribution in [0.3, 0.4) is 0 Å². The fourth-order valence-corrected chi connectivity index (χ4v) is 11.2. The molecular formula is C37H42O6Si. The van der Waals surface area contributed by atoms with Crippen molar-refractivity contribution >= 4 is 18.7 Å². The number of benzene rings is 4. The number of rotatable bonds is 11. The smallest absolute Gasteiger partial charge is 0.261 e. The molecule has 2 aliphatic rings. The zero-order valence-electron chi connectivity index (χ0n) is 25.7. The Hall–Kier alpha value is -3.14. The number of aliphatic hydroxyl groups excluding tert-OH is 1. The monoisotopic (exact) mass is 610 g/mol. The van der Waals surface area contributed by atoms with Gasteiger partial charge >= 0.3 is 0 Å². The first-order valence-electron chi connectivity index (χ1n) is 15.4. The number of hydrogen-bond donors (Lipinski definition) is 1. The summed E-state index contributed by atoms with van der Waals surface area (Å²) in [5.74, 6) is 0. The Balaban J connectivity index is 1.38. The molecule has 0 aliphatic carbocycles. The molecular weight excluding hydrogens is 568 g/mol. The highest BCUT2D eigenvalue weighted by atomic mass is 28.4. The lowest BCUT2D eigenvalue weighted by Crippen LogP contribution is -2.69. The third kappa shape index (κ3) is 5.94. The van der Waals surface area contributed by atoms with Crippen molar-refractivity contribution in [2.75, 3.05) is 13.2 Å². The minimum atomic E-state index is -2.95. The van der Waals surface area contributed by atoms with Gasteiger partial charge in [-0.15, -0.1) is 0 Å². The number of aliphatic hydroxyl groups is 1. The fourth-order valence-electron chi connectivity index (χ4n) is 6.62. The van der Waals surface area contributed by atoms with Gasteiger partial charge < -0.3 is 28.5 Å². The summed E-state index contributed by atoms with van der Waals surface area (Å²) >= 11 is 0. The van der Waals surface area contributed by atoms with Crippen LogP contribution in [0.15, 0.2) is 121 Å². The Bertz CT molecular complexity index is 1420. The van der Waals surface area contributed by atoms with Gasteiger partial charge in [-0.2, -0.15) is 0 Å². The van der Waals surface area contributed by atoms with E-state index in [1.807, 2.05) is 72.8 Å². The van der Waals surface area contributed by atoms with Crippen molar-refractivity contribution in [1.29, 1.82) is 0 Å². The molecule has 7 heteroatoms. The van der Waals surface area contributed by atoms with E-state index in [2.05, 4.69) is 69.3 Å². The van der Waals surface area contributed by atoms with Crippen LogP contribution < -0.4 is 10.4 Å². The van der Waals surface area contributed by atoms with E-state index in [1.54, 1.807) is 0 Å². The molecule has 4 aromatic rings. The van der Waals surface area contributed by atoms with Gasteiger partial charge in [-0.25, -0.2) is 0 Å². The van der Waals surface area contributed by atoms with Crippen LogP contribution in [0.5, 0.6) is 0 Å². The van der Waals surface area contributed by atoms with Gasteiger partial charge in [-0.1, -0.05) is 142 Å². The minimum absolute atomic E-state index is 0.102. The van der Waals surface area contributed by atoms with Gasteiger partial charge in [0.25, 0.3) is 8.32 Å². The Labute approximate surface area is 261 Å². The third-order valence-electron chi connectivity index (χ3n) is 8.85. The molecule has 0 saturated carbocycles. The van der Waals surface area contributed by atoms with E-state index in [4.69, 9.17) is 23.4 Å². The molecule has 5 atom stereocenters. The first-order valence-corrected chi connectivity index (χ1v) is 17.3. The maximum Gasteiger partial charge on any atom is 0.261 e. The lowest BCUT2D eigenvalue weighted by Gasteiger charge is -2.47. The Morgan fingerprint density at radius 3 is 1.70 bits per heavy atom. The standard InChI is InChI=1S/C37H42O6Si/c1-36(2,3)44(30-20-12-6-13-21-30,31-22-14-7-15-23-31)42-27-37-32(38)26-41-35(43-37)33(39-24-28-16-8-4-9-17-28)34(37)40-25-29-18-10-5-11-19-29/h4-23,32-35,38H,24-27H2,1-3H3/t32-,33-,34-,35+,37+/m1/s1. The highest BCUT2D eigenvalue weighted by Crippen LogP contribution is 2.45. The van der Waals surface area contributed by atoms with Crippen molar-refractivity contribution in [3.05, 3.63) is 132 Å². The number of ether oxygens (including phenoxy) is 4. The van der Waals surface area contributed by atoms with Gasteiger partial charge in [0.1, 0.15) is 18.3 Å². The Morgan fingerprint density at radius 1 is 0.727 bits per heavy atom. The summed E-state index contributed by atoms with van der Waals surface area (Å²) in [5.41, 5.74) is 0.856. The van der Waals surface area contributed by atoms with Crippen LogP contribution in [0, 0.1) is 0 Å². The van der Waals surface area contributed by atoms with Crippen molar-refractivity contribution < 1.29 is 28.5 Å². The Kier molecular flexibility index (Phi) is 9.17. The molecule has 0 aromatic heterocycles. The first kappa shape index (κ1) is 30.9. The molecule has 230 valence electrons. The quantitative estimate of drug-likeness (QED) is 0.235. The summed E-state index contributed by atoms with van der Waals surface area (Å²) in [7, 11) is -2.95. The number of fused-ring (bicyclic) bond motifs is 2. The SMILES string of the molecule is CC(C)(C)[Si](OC[C@]12O[C@H](OC[C@H]1O)[C@H](OCc1ccccc1)[C@H]2OCc1ccccc1)(c1ccccc1)c1ccccc1. The van der Waals surface area contributed by atoms with E-state index in [-0.39, 0.29) is 18.3 Å². The second-order valence-corrected chi connectivity index (χ2v) is 17.0. The van der Waals surface area contributed by atoms with Crippen LogP contribution in [-0.4, -0.2) is 56.8 Å². The molecule has 2 heterocycles. The maximum absolute atomic E-state index is 11.7. The van der Waals surface area contributed by atoms with Gasteiger partial charge in [-0.05, 0) is 26.5 Å². The summed E-state index contributed by atoms with van der Waals surface area (Å²) in [4.78, 5) is 0. The van der Waals surface area contributed by atoms with E-state index in [0.717, 1.165) is 21.5 Å². The largest absolute Gasteiger partial charge is 0.404 e. The topological polar surface area (TPSA) is 66.4 Å². The fraction of sp³-hybridized carbons (Fsp3) is 0.351. The van der Waals surface area contributed by atoms with E-state index in [9.17, 15) is 5.11 Å². The molecule has 6 rings (SSSR count). The van der Waals surface area contributed by atoms with Gasteiger partial charge in [0, 0.05) is 0 Å². The van der Waals surface area contributed by atoms with Crippen LogP contribution >= 0.6 is 0 Å². The van der Waals surface area contributed by atoms with Crippen LogP contribution in [0.25, 0.3) is 0 Å². The highest BCUT2D eigenvalue weighted by Gasteiger charge is 2.65. The molecule has 0 amide bonds. The van der Waals surface area contributed by atoms with Crippen LogP contribution in [0.2, 0.25) is 5.04 Å². The van der Waals surface area contributed by atoms with E-state index < -0.39 is 38.5 Å². The van der Waals surface area contributed by atoms with Crippen LogP contribution in [-0.2, 0) is 36.6 Å². The predicted molar refractivity (Wildman–Crippen MR) is 173 cm³/mol. The highest BCUT2D eigenvalue weighted by molar-refractivity contribution is 6.99. The lowest BCUT2D eigenvalue weighted by molar-refractivity contribution is -0.285. The van der Waals surface area contributed by atoms with Crippen molar-refractivity contribution in [2.45, 2.75) is 69.2 Å². The lowest BCUT2D eigenvalue weighted by atomic mass is 9.90. The predicted octanol–water partition coefficient (Wildman–Crippen LogP) is 5.22. The third-order valence-corrected chi connectivity index (χ3v) is 13.8. The average Bonchev–Trinajstić information content (AvgIpc) is 3.31. The molecule has 44 heavy (non-hydrogen) atoms. The summed E-state index contributed by atoms with van der Waals surface area (Å²) in [6.07, 6.45) is -2.90. The average molecular weight is 611 g/mol. The van der Waals surface area contributed by atoms with Crippen LogP contribution in [0.1, 0.15) is 31.9 Å². The summed E-state index contributed by atoms with van der Waals surface area (Å²) < 4.78 is 33.2. The van der Waals surface area contributed by atoms with Crippen LogP contribution in [0.4, 0.5) is 0 Å². The number of hydrogen-bond acceptors (Lipinski definition) is 6. The molecule has 6 nitrogen and oxygen atoms in total. The molecule has 2 bridgehead atoms. The van der Waals surface area contributed by atoms with E-state index in [1.165, 1.54) is 0 Å². The molecule has 1 N–H and O–H groups in total. The second kappa shape index (κ2) is 13.1. The van der Waals surface area contributed by atoms with Gasteiger partial charge in [0.05, 0.1) is 26.4 Å². The van der Waals surface area contributed by atoms with Crippen molar-refractivity contribution in [3.63, 3.8) is 0 Å².